The highest BCUT2D eigenvalue weighted by Crippen LogP contribution is 2.38. The molecule has 3 unspecified atom stereocenters. The van der Waals surface area contributed by atoms with Crippen molar-refractivity contribution in [1.29, 1.82) is 0 Å². The second kappa shape index (κ2) is 64.4. The molecule has 1 N–H and O–H groups in total. The predicted octanol–water partition coefficient (Wildman–Crippen LogP) is 22.5. The third kappa shape index (κ3) is 65.7. The van der Waals surface area contributed by atoms with Crippen LogP contribution >= 0.6 is 7.82 Å². The van der Waals surface area contributed by atoms with Gasteiger partial charge in [0.05, 0.1) is 33.8 Å². The largest absolute Gasteiger partial charge is 0.756 e. The van der Waals surface area contributed by atoms with Crippen LogP contribution in [0.25, 0.3) is 0 Å². The summed E-state index contributed by atoms with van der Waals surface area (Å²) in [5.41, 5.74) is 0. The van der Waals surface area contributed by atoms with Gasteiger partial charge in [-0.05, 0) is 102 Å². The Hall–Kier alpha value is -2.55. The van der Waals surface area contributed by atoms with Crippen molar-refractivity contribution in [3.05, 3.63) is 72.9 Å². The third-order valence-electron chi connectivity index (χ3n) is 16.1. The van der Waals surface area contributed by atoms with Gasteiger partial charge in [-0.25, -0.2) is 0 Å². The lowest BCUT2D eigenvalue weighted by molar-refractivity contribution is -0.870. The third-order valence-corrected chi connectivity index (χ3v) is 17.1. The quantitative estimate of drug-likeness (QED) is 0.0212. The number of nitrogens with one attached hydrogen (secondary N) is 1. The van der Waals surface area contributed by atoms with E-state index in [0.29, 0.717) is 17.4 Å². The highest BCUT2D eigenvalue weighted by molar-refractivity contribution is 7.45. The van der Waals surface area contributed by atoms with E-state index >= 15 is 0 Å². The molecule has 10 heteroatoms. The second-order valence-electron chi connectivity index (χ2n) is 25.7. The minimum Gasteiger partial charge on any atom is -0.756 e. The molecule has 0 saturated heterocycles. The summed E-state index contributed by atoms with van der Waals surface area (Å²) in [6.07, 6.45) is 84.6. The van der Waals surface area contributed by atoms with E-state index in [-0.39, 0.29) is 31.5 Å². The van der Waals surface area contributed by atoms with Gasteiger partial charge in [-0.3, -0.25) is 14.2 Å². The van der Waals surface area contributed by atoms with Crippen molar-refractivity contribution >= 4 is 19.7 Å². The SMILES string of the molecule is CCCCC/C=C\C/C=C\C/C=C\CCCCCCCCCCCCCCCCC(=O)OC(/C=C\CCCCCCCCCCC)C(COP(=O)([O-])OCC[N+](C)(C)C)NC(=O)CCCCCCCCCCCCC/C=C\C/C=C\CCCCC. The predicted molar refractivity (Wildman–Crippen MR) is 367 cm³/mol. The number of likely N-dealkylation sites (N-methyl/N-ethyl adjacent to an activating group) is 1. The summed E-state index contributed by atoms with van der Waals surface area (Å²) >= 11 is 0. The maximum Gasteiger partial charge on any atom is 0.306 e. The number of allylic oxidation sites excluding steroid dienone is 11. The van der Waals surface area contributed by atoms with Crippen molar-refractivity contribution in [1.82, 2.24) is 5.32 Å². The second-order valence-corrected chi connectivity index (χ2v) is 27.1. The van der Waals surface area contributed by atoms with Crippen molar-refractivity contribution in [3.63, 3.8) is 0 Å². The molecule has 0 radical (unpaired) electrons. The number of esters is 1. The van der Waals surface area contributed by atoms with Gasteiger partial charge in [-0.15, -0.1) is 0 Å². The molecule has 0 aliphatic rings. The van der Waals surface area contributed by atoms with Crippen LogP contribution in [-0.4, -0.2) is 69.4 Å². The number of rotatable bonds is 66. The van der Waals surface area contributed by atoms with Gasteiger partial charge >= 0.3 is 5.97 Å². The van der Waals surface area contributed by atoms with E-state index in [1.807, 2.05) is 33.3 Å². The Kier molecular flexibility index (Phi) is 62.5. The first-order chi connectivity index (χ1) is 41.4. The number of nitrogens with zero attached hydrogens (tertiary/aromatic N) is 1. The Morgan fingerprint density at radius 3 is 1.09 bits per heavy atom. The van der Waals surface area contributed by atoms with Crippen molar-refractivity contribution in [2.24, 2.45) is 0 Å². The van der Waals surface area contributed by atoms with E-state index in [0.717, 1.165) is 77.0 Å². The van der Waals surface area contributed by atoms with Gasteiger partial charge in [0.25, 0.3) is 7.82 Å². The van der Waals surface area contributed by atoms with Crippen molar-refractivity contribution in [3.8, 4) is 0 Å². The van der Waals surface area contributed by atoms with Crippen LogP contribution in [0, 0.1) is 0 Å². The Morgan fingerprint density at radius 1 is 0.412 bits per heavy atom. The molecule has 496 valence electrons. The monoisotopic (exact) mass is 1210 g/mol. The molecule has 0 aliphatic carbocycles. The number of quaternary nitrogens is 1. The van der Waals surface area contributed by atoms with Crippen LogP contribution in [0.5, 0.6) is 0 Å². The highest BCUT2D eigenvalue weighted by Gasteiger charge is 2.27. The van der Waals surface area contributed by atoms with Crippen LogP contribution < -0.4 is 10.2 Å². The van der Waals surface area contributed by atoms with Gasteiger partial charge in [-0.1, -0.05) is 299 Å². The van der Waals surface area contributed by atoms with E-state index in [2.05, 4.69) is 86.8 Å². The zero-order chi connectivity index (χ0) is 62.1. The lowest BCUT2D eigenvalue weighted by Crippen LogP contribution is -2.47. The number of unbranched alkanes of at least 4 members (excludes halogenated alkanes) is 40. The summed E-state index contributed by atoms with van der Waals surface area (Å²) in [5.74, 6) is -0.534. The van der Waals surface area contributed by atoms with Crippen LogP contribution in [0.1, 0.15) is 342 Å². The van der Waals surface area contributed by atoms with Crippen LogP contribution in [0.15, 0.2) is 72.9 Å². The Morgan fingerprint density at radius 2 is 0.718 bits per heavy atom. The topological polar surface area (TPSA) is 114 Å². The molecule has 0 bridgehead atoms. The van der Waals surface area contributed by atoms with E-state index in [9.17, 15) is 19.0 Å². The van der Waals surface area contributed by atoms with Gasteiger partial charge in [0.2, 0.25) is 5.91 Å². The molecule has 0 rings (SSSR count). The minimum absolute atomic E-state index is 0.0234. The summed E-state index contributed by atoms with van der Waals surface area (Å²) in [7, 11) is 1.19. The van der Waals surface area contributed by atoms with Gasteiger partial charge in [-0.2, -0.15) is 0 Å². The zero-order valence-electron chi connectivity index (χ0n) is 56.8. The molecule has 0 spiro atoms. The Labute approximate surface area is 527 Å². The van der Waals surface area contributed by atoms with Gasteiger partial charge in [0.1, 0.15) is 19.3 Å². The van der Waals surface area contributed by atoms with Gasteiger partial charge in [0, 0.05) is 12.8 Å². The smallest absolute Gasteiger partial charge is 0.306 e. The average Bonchev–Trinajstić information content (AvgIpc) is 3.59. The molecule has 0 aromatic carbocycles. The number of hydrogen-bond donors (Lipinski definition) is 1. The molecular weight excluding hydrogens is 1070 g/mol. The maximum atomic E-state index is 13.6. The number of amides is 1. The standard InChI is InChI=1S/C75H139N2O7P/c1-7-10-13-16-19-22-25-27-29-31-33-35-36-37-38-39-40-42-44-46-48-50-53-56-59-62-65-68-75(79)84-73(66-63-60-57-54-51-24-21-18-15-12-9-3)72(71-83-85(80,81)82-70-69-77(4,5)6)76-74(78)67-64-61-58-55-52-49-47-45-43-41-34-32-30-28-26-23-20-17-14-11-8-2/h19-20,22-23,27-30,33,35,63,66,72-73H,7-18,21,24-26,31-32,34,36-62,64-65,67-71H2,1-6H3,(H-,76,78,80,81)/b22-19-,23-20-,29-27-,30-28-,35-33-,66-63-. The first-order valence-electron chi connectivity index (χ1n) is 36.2. The van der Waals surface area contributed by atoms with E-state index < -0.39 is 20.0 Å². The minimum atomic E-state index is -4.71. The van der Waals surface area contributed by atoms with Crippen LogP contribution in [0.3, 0.4) is 0 Å². The van der Waals surface area contributed by atoms with E-state index in [1.54, 1.807) is 0 Å². The molecule has 0 heterocycles. The van der Waals surface area contributed by atoms with Gasteiger partial charge in [0.15, 0.2) is 0 Å². The Bertz CT molecular complexity index is 1680. The fraction of sp³-hybridized carbons (Fsp3) is 0.813. The number of carbonyl (C=O) groups is 2. The fourth-order valence-corrected chi connectivity index (χ4v) is 11.2. The maximum absolute atomic E-state index is 13.6. The van der Waals surface area contributed by atoms with Crippen LogP contribution in [-0.2, 0) is 27.9 Å². The van der Waals surface area contributed by atoms with Crippen molar-refractivity contribution in [2.45, 2.75) is 354 Å². The molecular formula is C75H139N2O7P. The summed E-state index contributed by atoms with van der Waals surface area (Å²) in [6, 6.07) is -0.892. The van der Waals surface area contributed by atoms with Crippen LogP contribution in [0.4, 0.5) is 0 Å². The number of carbonyl (C=O) groups excluding carboxylic acids is 2. The molecule has 1 amide bonds. The first-order valence-corrected chi connectivity index (χ1v) is 37.7. The van der Waals surface area contributed by atoms with E-state index in [4.69, 9.17) is 13.8 Å². The first kappa shape index (κ1) is 82.5. The highest BCUT2D eigenvalue weighted by atomic mass is 31.2. The van der Waals surface area contributed by atoms with Gasteiger partial charge < -0.3 is 28.5 Å². The molecule has 0 aromatic rings. The van der Waals surface area contributed by atoms with Crippen LogP contribution in [0.2, 0.25) is 0 Å². The molecule has 0 aromatic heterocycles. The summed E-state index contributed by atoms with van der Waals surface area (Å²) in [5, 5.41) is 3.04. The number of ether oxygens (including phenoxy) is 1. The molecule has 85 heavy (non-hydrogen) atoms. The molecule has 3 atom stereocenters. The fourth-order valence-electron chi connectivity index (χ4n) is 10.5. The molecule has 0 aliphatic heterocycles. The van der Waals surface area contributed by atoms with Crippen molar-refractivity contribution in [2.75, 3.05) is 40.9 Å². The number of hydrogen-bond acceptors (Lipinski definition) is 7. The van der Waals surface area contributed by atoms with E-state index in [1.165, 1.54) is 231 Å². The average molecular weight is 1210 g/mol. The summed E-state index contributed by atoms with van der Waals surface area (Å²) < 4.78 is 30.4. The number of phosphoric ester groups is 1. The Balaban J connectivity index is 4.97. The normalized spacial score (nSPS) is 13.9. The van der Waals surface area contributed by atoms with Crippen molar-refractivity contribution < 1.29 is 37.3 Å². The molecule has 0 saturated carbocycles. The summed E-state index contributed by atoms with van der Waals surface area (Å²) in [4.78, 5) is 40.2. The zero-order valence-corrected chi connectivity index (χ0v) is 57.7. The molecule has 9 nitrogen and oxygen atoms in total. The molecule has 0 fully saturated rings. The lowest BCUT2D eigenvalue weighted by atomic mass is 10.0. The number of phosphoric acid groups is 1. The summed E-state index contributed by atoms with van der Waals surface area (Å²) in [6.45, 7) is 6.82. The lowest BCUT2D eigenvalue weighted by Gasteiger charge is -2.30.